The first kappa shape index (κ1) is 52.5. The maximum absolute atomic E-state index is 12.5. The molecule has 1 N–H and O–H groups in total. The third-order valence-corrected chi connectivity index (χ3v) is 10.9. The Balaban J connectivity index is 3.97. The molecule has 0 spiro atoms. The van der Waals surface area contributed by atoms with E-state index in [0.717, 1.165) is 52.1 Å². The summed E-state index contributed by atoms with van der Waals surface area (Å²) in [6.07, 6.45) is 46.6. The normalized spacial score (nSPS) is 13.5. The van der Waals surface area contributed by atoms with E-state index in [1.807, 2.05) is 0 Å². The van der Waals surface area contributed by atoms with Crippen LogP contribution in [0.25, 0.3) is 0 Å². The molecule has 0 rings (SSSR count). The van der Waals surface area contributed by atoms with Crippen LogP contribution in [0.4, 0.5) is 0 Å². The molecule has 318 valence electrons. The van der Waals surface area contributed by atoms with E-state index in [1.165, 1.54) is 148 Å². The van der Waals surface area contributed by atoms with Crippen LogP contribution in [0.15, 0.2) is 24.3 Å². The average molecular weight is 785 g/mol. The van der Waals surface area contributed by atoms with Gasteiger partial charge in [-0.2, -0.15) is 0 Å². The highest BCUT2D eigenvalue weighted by atomic mass is 31.2. The Morgan fingerprint density at radius 1 is 0.500 bits per heavy atom. The Morgan fingerprint density at radius 2 is 0.833 bits per heavy atom. The SMILES string of the molecule is CCCCCCCC/C=C\CCCCCCCCCCCC(=O)OC(COC(=O)CCCCCCC/C=C\CCCCCCCCC)COP(=O)(O)OC. The highest BCUT2D eigenvalue weighted by Gasteiger charge is 2.24. The predicted molar refractivity (Wildman–Crippen MR) is 226 cm³/mol. The number of carbonyl (C=O) groups excluding carboxylic acids is 2. The molecule has 2 unspecified atom stereocenters. The zero-order chi connectivity index (χ0) is 39.6. The highest BCUT2D eigenvalue weighted by molar-refractivity contribution is 7.47. The standard InChI is InChI=1S/C45H85O8P/c1-4-6-8-10-12-14-16-18-20-22-23-24-26-28-30-32-34-36-38-40-45(47)53-43(42-52-54(48,49)50-3)41-51-44(46)39-37-35-33-31-29-27-25-21-19-17-15-13-11-9-7-5-2/h18,20-21,25,43H,4-17,19,22-24,26-42H2,1-3H3,(H,48,49)/b20-18-,25-21-. The molecule has 0 bridgehead atoms. The molecular formula is C45H85O8P. The van der Waals surface area contributed by atoms with Crippen molar-refractivity contribution in [1.82, 2.24) is 0 Å². The van der Waals surface area contributed by atoms with Crippen molar-refractivity contribution in [2.45, 2.75) is 232 Å². The molecule has 0 radical (unpaired) electrons. The van der Waals surface area contributed by atoms with Gasteiger partial charge in [0.15, 0.2) is 6.10 Å². The van der Waals surface area contributed by atoms with Crippen molar-refractivity contribution in [3.05, 3.63) is 24.3 Å². The highest BCUT2D eigenvalue weighted by Crippen LogP contribution is 2.42. The number of esters is 2. The molecule has 0 aliphatic carbocycles. The molecule has 9 heteroatoms. The van der Waals surface area contributed by atoms with Crippen LogP contribution in [0.3, 0.4) is 0 Å². The number of carbonyl (C=O) groups is 2. The van der Waals surface area contributed by atoms with Crippen molar-refractivity contribution in [1.29, 1.82) is 0 Å². The summed E-state index contributed by atoms with van der Waals surface area (Å²) in [4.78, 5) is 34.5. The largest absolute Gasteiger partial charge is 0.472 e. The summed E-state index contributed by atoms with van der Waals surface area (Å²) in [6, 6.07) is 0. The van der Waals surface area contributed by atoms with Crippen LogP contribution in [0.1, 0.15) is 226 Å². The number of allylic oxidation sites excluding steroid dienone is 4. The van der Waals surface area contributed by atoms with Crippen molar-refractivity contribution >= 4 is 19.8 Å². The molecule has 0 aliphatic heterocycles. The maximum Gasteiger partial charge on any atom is 0.472 e. The van der Waals surface area contributed by atoms with Gasteiger partial charge in [-0.05, 0) is 64.2 Å². The van der Waals surface area contributed by atoms with Crippen LogP contribution in [0.2, 0.25) is 0 Å². The van der Waals surface area contributed by atoms with Gasteiger partial charge in [0.1, 0.15) is 6.61 Å². The molecule has 0 saturated carbocycles. The minimum atomic E-state index is -4.26. The molecule has 0 fully saturated rings. The van der Waals surface area contributed by atoms with Gasteiger partial charge in [0.2, 0.25) is 0 Å². The lowest BCUT2D eigenvalue weighted by atomic mass is 10.1. The van der Waals surface area contributed by atoms with Crippen molar-refractivity contribution in [3.63, 3.8) is 0 Å². The van der Waals surface area contributed by atoms with E-state index in [9.17, 15) is 19.0 Å². The second kappa shape index (κ2) is 41.2. The van der Waals surface area contributed by atoms with E-state index in [4.69, 9.17) is 14.0 Å². The van der Waals surface area contributed by atoms with Crippen molar-refractivity contribution in [2.24, 2.45) is 0 Å². The van der Waals surface area contributed by atoms with Crippen LogP contribution in [-0.2, 0) is 32.7 Å². The van der Waals surface area contributed by atoms with E-state index in [1.54, 1.807) is 0 Å². The molecular weight excluding hydrogens is 699 g/mol. The number of rotatable bonds is 42. The zero-order valence-electron chi connectivity index (χ0n) is 35.4. The van der Waals surface area contributed by atoms with E-state index < -0.39 is 26.5 Å². The summed E-state index contributed by atoms with van der Waals surface area (Å²) in [5.74, 6) is -0.808. The molecule has 54 heavy (non-hydrogen) atoms. The fourth-order valence-electron chi connectivity index (χ4n) is 6.41. The summed E-state index contributed by atoms with van der Waals surface area (Å²) in [7, 11) is -3.20. The molecule has 8 nitrogen and oxygen atoms in total. The van der Waals surface area contributed by atoms with E-state index in [2.05, 4.69) is 42.7 Å². The maximum atomic E-state index is 12.5. The second-order valence-corrected chi connectivity index (χ2v) is 16.7. The lowest BCUT2D eigenvalue weighted by Crippen LogP contribution is -2.29. The summed E-state index contributed by atoms with van der Waals surface area (Å²) in [5, 5.41) is 0. The molecule has 0 amide bonds. The second-order valence-electron chi connectivity index (χ2n) is 15.2. The van der Waals surface area contributed by atoms with Gasteiger partial charge in [0, 0.05) is 20.0 Å². The molecule has 0 aromatic heterocycles. The van der Waals surface area contributed by atoms with E-state index >= 15 is 0 Å². The lowest BCUT2D eigenvalue weighted by molar-refractivity contribution is -0.161. The Bertz CT molecular complexity index is 937. The molecule has 0 heterocycles. The smallest absolute Gasteiger partial charge is 0.462 e. The number of unbranched alkanes of at least 4 members (excludes halogenated alkanes) is 27. The van der Waals surface area contributed by atoms with E-state index in [-0.39, 0.29) is 25.4 Å². The fraction of sp³-hybridized carbons (Fsp3) is 0.867. The number of phosphoric acid groups is 1. The summed E-state index contributed by atoms with van der Waals surface area (Å²) < 4.78 is 32.0. The predicted octanol–water partition coefficient (Wildman–Crippen LogP) is 14.2. The van der Waals surface area contributed by atoms with Crippen LogP contribution in [0.5, 0.6) is 0 Å². The van der Waals surface area contributed by atoms with Crippen LogP contribution < -0.4 is 0 Å². The lowest BCUT2D eigenvalue weighted by Gasteiger charge is -2.19. The number of phosphoric ester groups is 1. The van der Waals surface area contributed by atoms with Crippen molar-refractivity contribution < 1.29 is 37.6 Å². The summed E-state index contributed by atoms with van der Waals surface area (Å²) in [5.41, 5.74) is 0. The van der Waals surface area contributed by atoms with Gasteiger partial charge in [0.25, 0.3) is 0 Å². The molecule has 2 atom stereocenters. The number of hydrogen-bond acceptors (Lipinski definition) is 7. The van der Waals surface area contributed by atoms with Gasteiger partial charge in [-0.3, -0.25) is 18.6 Å². The van der Waals surface area contributed by atoms with Crippen molar-refractivity contribution in [2.75, 3.05) is 20.3 Å². The average Bonchev–Trinajstić information content (AvgIpc) is 3.16. The molecule has 0 aromatic rings. The van der Waals surface area contributed by atoms with Gasteiger partial charge >= 0.3 is 19.8 Å². The van der Waals surface area contributed by atoms with Crippen molar-refractivity contribution in [3.8, 4) is 0 Å². The third-order valence-electron chi connectivity index (χ3n) is 9.92. The topological polar surface area (TPSA) is 108 Å². The van der Waals surface area contributed by atoms with E-state index in [0.29, 0.717) is 6.42 Å². The van der Waals surface area contributed by atoms with Crippen LogP contribution >= 0.6 is 7.82 Å². The first-order valence-corrected chi connectivity index (χ1v) is 24.0. The Labute approximate surface area is 333 Å². The quantitative estimate of drug-likeness (QED) is 0.0282. The monoisotopic (exact) mass is 785 g/mol. The Hall–Kier alpha value is -1.47. The van der Waals surface area contributed by atoms with Gasteiger partial charge in [0.05, 0.1) is 6.61 Å². The van der Waals surface area contributed by atoms with Gasteiger partial charge < -0.3 is 14.4 Å². The summed E-state index contributed by atoms with van der Waals surface area (Å²) in [6.45, 7) is 3.89. The fourth-order valence-corrected chi connectivity index (χ4v) is 6.87. The zero-order valence-corrected chi connectivity index (χ0v) is 36.3. The summed E-state index contributed by atoms with van der Waals surface area (Å²) >= 11 is 0. The minimum absolute atomic E-state index is 0.227. The Morgan fingerprint density at radius 3 is 1.20 bits per heavy atom. The Kier molecular flexibility index (Phi) is 40.1. The third kappa shape index (κ3) is 40.2. The number of hydrogen-bond donors (Lipinski definition) is 1. The molecule has 0 aromatic carbocycles. The minimum Gasteiger partial charge on any atom is -0.462 e. The molecule has 0 aliphatic rings. The van der Waals surface area contributed by atoms with Gasteiger partial charge in [-0.25, -0.2) is 4.57 Å². The van der Waals surface area contributed by atoms with Gasteiger partial charge in [-0.1, -0.05) is 173 Å². The molecule has 0 saturated heterocycles. The number of ether oxygens (including phenoxy) is 2. The first-order valence-electron chi connectivity index (χ1n) is 22.5. The van der Waals surface area contributed by atoms with Gasteiger partial charge in [-0.15, -0.1) is 0 Å². The van der Waals surface area contributed by atoms with Crippen LogP contribution in [0, 0.1) is 0 Å². The van der Waals surface area contributed by atoms with Crippen LogP contribution in [-0.4, -0.2) is 43.3 Å². The first-order chi connectivity index (χ1) is 26.3.